The van der Waals surface area contributed by atoms with Gasteiger partial charge in [0.2, 0.25) is 10.0 Å². The minimum absolute atomic E-state index is 0.172. The number of sulfonamides is 1. The highest BCUT2D eigenvalue weighted by Crippen LogP contribution is 2.31. The molecule has 4 N–H and O–H groups in total. The number of anilines is 2. The van der Waals surface area contributed by atoms with Crippen LogP contribution in [0.5, 0.6) is 0 Å². The molecule has 0 radical (unpaired) electrons. The first-order chi connectivity index (χ1) is 9.86. The third-order valence-corrected chi connectivity index (χ3v) is 5.42. The molecule has 118 valence electrons. The lowest BCUT2D eigenvalue weighted by Gasteiger charge is -2.34. The molecule has 21 heavy (non-hydrogen) atoms. The van der Waals surface area contributed by atoms with Gasteiger partial charge in [-0.25, -0.2) is 13.1 Å². The maximum absolute atomic E-state index is 11.7. The Morgan fingerprint density at radius 1 is 1.33 bits per heavy atom. The van der Waals surface area contributed by atoms with Crippen LogP contribution in [0.1, 0.15) is 19.8 Å². The van der Waals surface area contributed by atoms with E-state index in [9.17, 15) is 8.42 Å². The summed E-state index contributed by atoms with van der Waals surface area (Å²) in [6.45, 7) is 4.58. The normalized spacial score (nSPS) is 18.4. The van der Waals surface area contributed by atoms with Crippen molar-refractivity contribution in [3.63, 3.8) is 0 Å². The molecule has 2 rings (SSSR count). The largest absolute Gasteiger partial charge is 0.397 e. The lowest BCUT2D eigenvalue weighted by atomic mass is 9.82. The van der Waals surface area contributed by atoms with Gasteiger partial charge in [-0.3, -0.25) is 0 Å². The number of nitrogens with two attached hydrogens (primary N) is 1. The van der Waals surface area contributed by atoms with Crippen LogP contribution in [0, 0.1) is 5.41 Å². The molecule has 1 aromatic rings. The standard InChI is InChI=1S/C14H23N3O3S/c1-14(5-7-20-8-6-14)10-17-13-4-3-11(9-12(13)15)21(18,19)16-2/h3-4,9,16-17H,5-8,10,15H2,1-2H3. The molecule has 0 atom stereocenters. The second-order valence-electron chi connectivity index (χ2n) is 5.73. The van der Waals surface area contributed by atoms with E-state index in [1.54, 1.807) is 12.1 Å². The molecular weight excluding hydrogens is 290 g/mol. The molecule has 1 aromatic carbocycles. The fourth-order valence-corrected chi connectivity index (χ4v) is 3.10. The summed E-state index contributed by atoms with van der Waals surface area (Å²) in [5, 5.41) is 3.32. The molecule has 1 heterocycles. The molecular formula is C14H23N3O3S. The quantitative estimate of drug-likeness (QED) is 0.715. The Labute approximate surface area is 126 Å². The summed E-state index contributed by atoms with van der Waals surface area (Å²) >= 11 is 0. The Morgan fingerprint density at radius 2 is 2.00 bits per heavy atom. The van der Waals surface area contributed by atoms with Crippen molar-refractivity contribution in [1.82, 2.24) is 4.72 Å². The van der Waals surface area contributed by atoms with Crippen LogP contribution in [-0.2, 0) is 14.8 Å². The zero-order chi connectivity index (χ0) is 15.5. The van der Waals surface area contributed by atoms with Crippen LogP contribution in [0.4, 0.5) is 11.4 Å². The summed E-state index contributed by atoms with van der Waals surface area (Å²) < 4.78 is 31.1. The molecule has 0 saturated carbocycles. The maximum atomic E-state index is 11.7. The molecule has 0 aromatic heterocycles. The molecule has 0 bridgehead atoms. The summed E-state index contributed by atoms with van der Waals surface area (Å²) in [6, 6.07) is 4.74. The number of nitrogen functional groups attached to an aromatic ring is 1. The molecule has 6 nitrogen and oxygen atoms in total. The van der Waals surface area contributed by atoms with Gasteiger partial charge < -0.3 is 15.8 Å². The van der Waals surface area contributed by atoms with Crippen LogP contribution in [0.15, 0.2) is 23.1 Å². The molecule has 0 aliphatic carbocycles. The van der Waals surface area contributed by atoms with Gasteiger partial charge in [0, 0.05) is 19.8 Å². The topological polar surface area (TPSA) is 93.5 Å². The Hall–Kier alpha value is -1.31. The minimum atomic E-state index is -3.46. The summed E-state index contributed by atoms with van der Waals surface area (Å²) in [6.07, 6.45) is 2.01. The number of hydrogen-bond acceptors (Lipinski definition) is 5. The summed E-state index contributed by atoms with van der Waals surface area (Å²) in [4.78, 5) is 0.172. The predicted molar refractivity (Wildman–Crippen MR) is 83.7 cm³/mol. The van der Waals surface area contributed by atoms with Gasteiger partial charge in [0.05, 0.1) is 16.3 Å². The highest BCUT2D eigenvalue weighted by atomic mass is 32.2. The minimum Gasteiger partial charge on any atom is -0.397 e. The maximum Gasteiger partial charge on any atom is 0.240 e. The Bertz CT molecular complexity index is 595. The fourth-order valence-electron chi connectivity index (χ4n) is 2.34. The summed E-state index contributed by atoms with van der Waals surface area (Å²) in [5.74, 6) is 0. The third-order valence-electron chi connectivity index (χ3n) is 4.01. The molecule has 1 aliphatic rings. The summed E-state index contributed by atoms with van der Waals surface area (Å²) in [5.41, 5.74) is 7.33. The van der Waals surface area contributed by atoms with Gasteiger partial charge >= 0.3 is 0 Å². The first-order valence-electron chi connectivity index (χ1n) is 7.01. The highest BCUT2D eigenvalue weighted by Gasteiger charge is 2.27. The smallest absolute Gasteiger partial charge is 0.240 e. The average Bonchev–Trinajstić information content (AvgIpc) is 2.46. The van der Waals surface area contributed by atoms with E-state index >= 15 is 0 Å². The Morgan fingerprint density at radius 3 is 2.57 bits per heavy atom. The molecule has 1 fully saturated rings. The van der Waals surface area contributed by atoms with Crippen LogP contribution in [0.3, 0.4) is 0 Å². The van der Waals surface area contributed by atoms with E-state index in [0.717, 1.165) is 38.3 Å². The SMILES string of the molecule is CNS(=O)(=O)c1ccc(NCC2(C)CCOCC2)c(N)c1. The van der Waals surface area contributed by atoms with E-state index < -0.39 is 10.0 Å². The van der Waals surface area contributed by atoms with Gasteiger partial charge in [-0.05, 0) is 43.5 Å². The van der Waals surface area contributed by atoms with E-state index in [0.29, 0.717) is 5.69 Å². The summed E-state index contributed by atoms with van der Waals surface area (Å²) in [7, 11) is -2.08. The van der Waals surface area contributed by atoms with E-state index in [2.05, 4.69) is 17.0 Å². The molecule has 1 saturated heterocycles. The van der Waals surface area contributed by atoms with Crippen molar-refractivity contribution in [2.75, 3.05) is 37.9 Å². The van der Waals surface area contributed by atoms with Crippen LogP contribution in [0.2, 0.25) is 0 Å². The van der Waals surface area contributed by atoms with E-state index in [-0.39, 0.29) is 10.3 Å². The van der Waals surface area contributed by atoms with Crippen molar-refractivity contribution in [2.45, 2.75) is 24.7 Å². The third kappa shape index (κ3) is 3.87. The highest BCUT2D eigenvalue weighted by molar-refractivity contribution is 7.89. The van der Waals surface area contributed by atoms with Crippen LogP contribution < -0.4 is 15.8 Å². The van der Waals surface area contributed by atoms with Gasteiger partial charge in [-0.2, -0.15) is 0 Å². The van der Waals surface area contributed by atoms with Crippen molar-refractivity contribution in [3.8, 4) is 0 Å². The van der Waals surface area contributed by atoms with Gasteiger partial charge in [0.15, 0.2) is 0 Å². The van der Waals surface area contributed by atoms with E-state index in [4.69, 9.17) is 10.5 Å². The predicted octanol–water partition coefficient (Wildman–Crippen LogP) is 1.41. The molecule has 1 aliphatic heterocycles. The number of benzene rings is 1. The Balaban J connectivity index is 2.08. The second-order valence-corrected chi connectivity index (χ2v) is 7.62. The van der Waals surface area contributed by atoms with Gasteiger partial charge in [0.1, 0.15) is 0 Å². The lowest BCUT2D eigenvalue weighted by Crippen LogP contribution is -2.33. The van der Waals surface area contributed by atoms with Crippen molar-refractivity contribution in [1.29, 1.82) is 0 Å². The van der Waals surface area contributed by atoms with Crippen molar-refractivity contribution in [3.05, 3.63) is 18.2 Å². The zero-order valence-corrected chi connectivity index (χ0v) is 13.3. The molecule has 0 spiro atoms. The van der Waals surface area contributed by atoms with E-state index in [1.807, 2.05) is 0 Å². The van der Waals surface area contributed by atoms with Gasteiger partial charge in [0.25, 0.3) is 0 Å². The molecule has 0 unspecified atom stereocenters. The number of hydrogen-bond donors (Lipinski definition) is 3. The van der Waals surface area contributed by atoms with Crippen LogP contribution in [0.25, 0.3) is 0 Å². The Kier molecular flexibility index (Phi) is 4.75. The second kappa shape index (κ2) is 6.21. The monoisotopic (exact) mass is 313 g/mol. The molecule has 0 amide bonds. The van der Waals surface area contributed by atoms with E-state index in [1.165, 1.54) is 13.1 Å². The fraction of sp³-hybridized carbons (Fsp3) is 0.571. The van der Waals surface area contributed by atoms with Crippen LogP contribution in [-0.4, -0.2) is 35.2 Å². The lowest BCUT2D eigenvalue weighted by molar-refractivity contribution is 0.0300. The first kappa shape index (κ1) is 16.1. The van der Waals surface area contributed by atoms with Crippen molar-refractivity contribution >= 4 is 21.4 Å². The van der Waals surface area contributed by atoms with Gasteiger partial charge in [-0.15, -0.1) is 0 Å². The zero-order valence-electron chi connectivity index (χ0n) is 12.5. The number of ether oxygens (including phenoxy) is 1. The number of rotatable bonds is 5. The van der Waals surface area contributed by atoms with Crippen molar-refractivity contribution in [2.24, 2.45) is 5.41 Å². The van der Waals surface area contributed by atoms with Crippen molar-refractivity contribution < 1.29 is 13.2 Å². The molecule has 7 heteroatoms. The van der Waals surface area contributed by atoms with Gasteiger partial charge in [-0.1, -0.05) is 6.92 Å². The van der Waals surface area contributed by atoms with Crippen LogP contribution >= 0.6 is 0 Å². The first-order valence-corrected chi connectivity index (χ1v) is 8.49. The average molecular weight is 313 g/mol. The number of nitrogens with one attached hydrogen (secondary N) is 2.